The van der Waals surface area contributed by atoms with E-state index >= 15 is 0 Å². The van der Waals surface area contributed by atoms with Gasteiger partial charge in [0.25, 0.3) is 0 Å². The summed E-state index contributed by atoms with van der Waals surface area (Å²) in [6.45, 7) is 6.65. The minimum Gasteiger partial charge on any atom is -0.490 e. The molecule has 1 saturated heterocycles. The third kappa shape index (κ3) is 7.00. The lowest BCUT2D eigenvalue weighted by atomic mass is 10.2. The summed E-state index contributed by atoms with van der Waals surface area (Å²) in [6, 6.07) is 8.12. The highest BCUT2D eigenvalue weighted by Crippen LogP contribution is 2.24. The minimum atomic E-state index is -0.0495. The minimum absolute atomic E-state index is 0.0495. The number of carbonyl (C=O) groups excluding carboxylic acids is 1. The lowest BCUT2D eigenvalue weighted by molar-refractivity contribution is -0.117. The number of carbonyl (C=O) groups is 1. The van der Waals surface area contributed by atoms with Crippen LogP contribution in [0.3, 0.4) is 0 Å². The van der Waals surface area contributed by atoms with Gasteiger partial charge in [0.2, 0.25) is 5.91 Å². The van der Waals surface area contributed by atoms with Crippen molar-refractivity contribution in [3.63, 3.8) is 0 Å². The fraction of sp³-hybridized carbons (Fsp3) is 0.591. The third-order valence-corrected chi connectivity index (χ3v) is 5.26. The van der Waals surface area contributed by atoms with E-state index in [2.05, 4.69) is 17.1 Å². The van der Waals surface area contributed by atoms with E-state index in [-0.39, 0.29) is 11.9 Å². The van der Waals surface area contributed by atoms with E-state index < -0.39 is 0 Å². The Morgan fingerprint density at radius 3 is 2.89 bits per heavy atom. The zero-order chi connectivity index (χ0) is 18.9. The second kappa shape index (κ2) is 10.5. The van der Waals surface area contributed by atoms with Gasteiger partial charge in [-0.05, 0) is 62.8 Å². The molecule has 1 aliphatic heterocycles. The normalized spacial score (nSPS) is 20.0. The Labute approximate surface area is 162 Å². The molecule has 1 unspecified atom stereocenters. The van der Waals surface area contributed by atoms with Gasteiger partial charge in [-0.1, -0.05) is 12.1 Å². The SMILES string of the molecule is CC(CCN1CCOCC1)NC(=O)/C=C/c1cccc(OC2CCCC2)c1. The van der Waals surface area contributed by atoms with Gasteiger partial charge >= 0.3 is 0 Å². The van der Waals surface area contributed by atoms with Crippen LogP contribution in [0.4, 0.5) is 0 Å². The van der Waals surface area contributed by atoms with Gasteiger partial charge in [0.1, 0.15) is 5.75 Å². The van der Waals surface area contributed by atoms with Gasteiger partial charge < -0.3 is 14.8 Å². The van der Waals surface area contributed by atoms with Crippen molar-refractivity contribution in [1.29, 1.82) is 0 Å². The third-order valence-electron chi connectivity index (χ3n) is 5.26. The van der Waals surface area contributed by atoms with Crippen molar-refractivity contribution in [1.82, 2.24) is 10.2 Å². The molecule has 5 nitrogen and oxygen atoms in total. The fourth-order valence-corrected chi connectivity index (χ4v) is 3.63. The molecule has 2 aliphatic rings. The summed E-state index contributed by atoms with van der Waals surface area (Å²) < 4.78 is 11.4. The maximum absolute atomic E-state index is 12.2. The Morgan fingerprint density at radius 2 is 2.11 bits per heavy atom. The highest BCUT2D eigenvalue weighted by molar-refractivity contribution is 5.91. The van der Waals surface area contributed by atoms with Crippen LogP contribution in [-0.4, -0.2) is 55.8 Å². The Kier molecular flexibility index (Phi) is 7.72. The number of hydrogen-bond donors (Lipinski definition) is 1. The summed E-state index contributed by atoms with van der Waals surface area (Å²) in [5.41, 5.74) is 0.988. The second-order valence-electron chi connectivity index (χ2n) is 7.58. The molecule has 1 saturated carbocycles. The van der Waals surface area contributed by atoms with Gasteiger partial charge in [0.05, 0.1) is 19.3 Å². The highest BCUT2D eigenvalue weighted by atomic mass is 16.5. The van der Waals surface area contributed by atoms with E-state index in [0.29, 0.717) is 6.10 Å². The van der Waals surface area contributed by atoms with Gasteiger partial charge in [-0.15, -0.1) is 0 Å². The summed E-state index contributed by atoms with van der Waals surface area (Å²) in [4.78, 5) is 14.6. The Balaban J connectivity index is 1.41. The van der Waals surface area contributed by atoms with Crippen LogP contribution in [0.1, 0.15) is 44.6 Å². The number of nitrogens with one attached hydrogen (secondary N) is 1. The number of ether oxygens (including phenoxy) is 2. The van der Waals surface area contributed by atoms with Crippen LogP contribution in [-0.2, 0) is 9.53 Å². The number of nitrogens with zero attached hydrogens (tertiary/aromatic N) is 1. The number of benzene rings is 1. The van der Waals surface area contributed by atoms with E-state index in [1.807, 2.05) is 30.3 Å². The van der Waals surface area contributed by atoms with Gasteiger partial charge in [-0.3, -0.25) is 9.69 Å². The zero-order valence-electron chi connectivity index (χ0n) is 16.4. The number of morpholine rings is 1. The van der Waals surface area contributed by atoms with Crippen molar-refractivity contribution in [2.24, 2.45) is 0 Å². The van der Waals surface area contributed by atoms with Crippen LogP contribution in [0, 0.1) is 0 Å². The highest BCUT2D eigenvalue weighted by Gasteiger charge is 2.16. The summed E-state index contributed by atoms with van der Waals surface area (Å²) in [6.07, 6.45) is 9.56. The second-order valence-corrected chi connectivity index (χ2v) is 7.58. The molecule has 1 aromatic carbocycles. The first-order valence-electron chi connectivity index (χ1n) is 10.2. The average molecular weight is 373 g/mol. The van der Waals surface area contributed by atoms with Crippen molar-refractivity contribution in [2.75, 3.05) is 32.8 Å². The lowest BCUT2D eigenvalue weighted by Gasteiger charge is -2.27. The quantitative estimate of drug-likeness (QED) is 0.712. The molecular formula is C22H32N2O3. The Morgan fingerprint density at radius 1 is 1.33 bits per heavy atom. The van der Waals surface area contributed by atoms with Gasteiger partial charge in [-0.25, -0.2) is 0 Å². The molecule has 1 atom stereocenters. The number of rotatable bonds is 8. The largest absolute Gasteiger partial charge is 0.490 e. The molecule has 0 aromatic heterocycles. The lowest BCUT2D eigenvalue weighted by Crippen LogP contribution is -2.40. The maximum atomic E-state index is 12.2. The summed E-state index contributed by atoms with van der Waals surface area (Å²) in [5.74, 6) is 0.843. The molecule has 1 N–H and O–H groups in total. The first-order chi connectivity index (χ1) is 13.2. The molecular weight excluding hydrogens is 340 g/mol. The van der Waals surface area contributed by atoms with E-state index in [9.17, 15) is 4.79 Å². The average Bonchev–Trinajstić information content (AvgIpc) is 3.19. The molecule has 1 aliphatic carbocycles. The predicted molar refractivity (Wildman–Crippen MR) is 108 cm³/mol. The summed E-state index contributed by atoms with van der Waals surface area (Å²) in [7, 11) is 0. The van der Waals surface area contributed by atoms with Crippen LogP contribution in [0.15, 0.2) is 30.3 Å². The zero-order valence-corrected chi connectivity index (χ0v) is 16.4. The standard InChI is InChI=1S/C22H32N2O3/c1-18(11-12-24-13-15-26-16-14-24)23-22(25)10-9-19-5-4-8-21(17-19)27-20-6-2-3-7-20/h4-5,8-10,17-18,20H,2-3,6-7,11-16H2,1H3,(H,23,25)/b10-9+. The molecule has 27 heavy (non-hydrogen) atoms. The molecule has 3 rings (SSSR count). The monoisotopic (exact) mass is 372 g/mol. The van der Waals surface area contributed by atoms with Crippen LogP contribution in [0.5, 0.6) is 5.75 Å². The smallest absolute Gasteiger partial charge is 0.244 e. The van der Waals surface area contributed by atoms with Gasteiger partial charge in [-0.2, -0.15) is 0 Å². The predicted octanol–water partition coefficient (Wildman–Crippen LogP) is 3.25. The van der Waals surface area contributed by atoms with Crippen molar-refractivity contribution in [2.45, 2.75) is 51.2 Å². The van der Waals surface area contributed by atoms with Gasteiger partial charge in [0.15, 0.2) is 0 Å². The molecule has 1 amide bonds. The van der Waals surface area contributed by atoms with Crippen LogP contribution < -0.4 is 10.1 Å². The molecule has 0 spiro atoms. The molecule has 0 bridgehead atoms. The summed E-state index contributed by atoms with van der Waals surface area (Å²) in [5, 5.41) is 3.05. The number of amides is 1. The van der Waals surface area contributed by atoms with Crippen molar-refractivity contribution >= 4 is 12.0 Å². The van der Waals surface area contributed by atoms with Crippen molar-refractivity contribution in [3.05, 3.63) is 35.9 Å². The molecule has 1 aromatic rings. The summed E-state index contributed by atoms with van der Waals surface area (Å²) >= 11 is 0. The fourth-order valence-electron chi connectivity index (χ4n) is 3.63. The molecule has 0 radical (unpaired) electrons. The molecule has 2 fully saturated rings. The van der Waals surface area contributed by atoms with E-state index in [1.54, 1.807) is 6.08 Å². The molecule has 5 heteroatoms. The van der Waals surface area contributed by atoms with Crippen LogP contribution in [0.2, 0.25) is 0 Å². The van der Waals surface area contributed by atoms with Crippen molar-refractivity contribution in [3.8, 4) is 5.75 Å². The molecule has 148 valence electrons. The Bertz CT molecular complexity index is 620. The topological polar surface area (TPSA) is 50.8 Å². The van der Waals surface area contributed by atoms with E-state index in [4.69, 9.17) is 9.47 Å². The molecule has 1 heterocycles. The van der Waals surface area contributed by atoms with Gasteiger partial charge in [0, 0.05) is 31.8 Å². The Hall–Kier alpha value is -1.85. The first kappa shape index (κ1) is 19.9. The van der Waals surface area contributed by atoms with E-state index in [0.717, 1.165) is 63.4 Å². The van der Waals surface area contributed by atoms with Crippen LogP contribution >= 0.6 is 0 Å². The van der Waals surface area contributed by atoms with Crippen molar-refractivity contribution < 1.29 is 14.3 Å². The number of hydrogen-bond acceptors (Lipinski definition) is 4. The van der Waals surface area contributed by atoms with Crippen LogP contribution in [0.25, 0.3) is 6.08 Å². The maximum Gasteiger partial charge on any atom is 0.244 e. The first-order valence-corrected chi connectivity index (χ1v) is 10.2. The van der Waals surface area contributed by atoms with E-state index in [1.165, 1.54) is 12.8 Å².